The van der Waals surface area contributed by atoms with E-state index in [1.165, 1.54) is 24.3 Å². The number of alkyl halides is 3. The van der Waals surface area contributed by atoms with Gasteiger partial charge in [0.25, 0.3) is 5.91 Å². The van der Waals surface area contributed by atoms with Crippen molar-refractivity contribution in [2.24, 2.45) is 0 Å². The molecule has 11 heteroatoms. The van der Waals surface area contributed by atoms with Gasteiger partial charge in [-0.25, -0.2) is 9.37 Å². The zero-order chi connectivity index (χ0) is 28.0. The van der Waals surface area contributed by atoms with E-state index in [0.717, 1.165) is 18.3 Å². The second-order valence-corrected chi connectivity index (χ2v) is 9.44. The Balaban J connectivity index is 1.93. The summed E-state index contributed by atoms with van der Waals surface area (Å²) in [7, 11) is 0. The highest BCUT2D eigenvalue weighted by atomic mass is 19.4. The Morgan fingerprint density at radius 2 is 1.79 bits per heavy atom. The Bertz CT molecular complexity index is 1230. The van der Waals surface area contributed by atoms with Gasteiger partial charge in [-0.05, 0) is 61.6 Å². The Morgan fingerprint density at radius 3 is 2.39 bits per heavy atom. The summed E-state index contributed by atoms with van der Waals surface area (Å²) < 4.78 is 54.5. The average molecular weight is 537 g/mol. The lowest BCUT2D eigenvalue weighted by atomic mass is 10.1. The Morgan fingerprint density at radius 1 is 1.11 bits per heavy atom. The number of aromatic nitrogens is 3. The number of hydrogen-bond acceptors (Lipinski definition) is 5. The van der Waals surface area contributed by atoms with Gasteiger partial charge in [-0.1, -0.05) is 20.8 Å². The quantitative estimate of drug-likeness (QED) is 0.297. The standard InChI is InChI=1S/C27H32F4N4O3/c1-4-21(36)14-22(37)10-12-35-24(16(2)3)23(34-25(35)17-5-7-19(28)8-6-17)26(38)33-15-20-13-18(9-11-32-20)27(29,30)31/h5-9,11,13,16,21-22,36-37H,4,10,12,14-15H2,1-3H3,(H,33,38). The molecule has 206 valence electrons. The third kappa shape index (κ3) is 7.38. The molecule has 2 unspecified atom stereocenters. The fourth-order valence-electron chi connectivity index (χ4n) is 4.15. The molecule has 3 N–H and O–H groups in total. The minimum Gasteiger partial charge on any atom is -0.393 e. The summed E-state index contributed by atoms with van der Waals surface area (Å²) in [6.45, 7) is 5.57. The van der Waals surface area contributed by atoms with E-state index in [4.69, 9.17) is 0 Å². The lowest BCUT2D eigenvalue weighted by Gasteiger charge is -2.19. The smallest absolute Gasteiger partial charge is 0.393 e. The van der Waals surface area contributed by atoms with Gasteiger partial charge < -0.3 is 20.1 Å². The van der Waals surface area contributed by atoms with Crippen LogP contribution in [0.5, 0.6) is 0 Å². The number of benzene rings is 1. The average Bonchev–Trinajstić information content (AvgIpc) is 3.26. The topological polar surface area (TPSA) is 100 Å². The number of aliphatic hydroxyl groups excluding tert-OH is 2. The van der Waals surface area contributed by atoms with Crippen LogP contribution >= 0.6 is 0 Å². The number of aliphatic hydroxyl groups is 2. The number of halogens is 4. The molecule has 0 aliphatic carbocycles. The summed E-state index contributed by atoms with van der Waals surface area (Å²) in [5, 5.41) is 22.9. The number of hydrogen-bond donors (Lipinski definition) is 3. The van der Waals surface area contributed by atoms with Crippen molar-refractivity contribution in [2.45, 2.75) is 77.4 Å². The van der Waals surface area contributed by atoms with Crippen molar-refractivity contribution in [1.82, 2.24) is 19.9 Å². The summed E-state index contributed by atoms with van der Waals surface area (Å²) in [6, 6.07) is 7.34. The normalized spacial score (nSPS) is 13.5. The van der Waals surface area contributed by atoms with Crippen molar-refractivity contribution in [3.05, 3.63) is 71.1 Å². The fourth-order valence-corrected chi connectivity index (χ4v) is 4.15. The maximum atomic E-state index is 13.6. The summed E-state index contributed by atoms with van der Waals surface area (Å²) in [4.78, 5) is 21.7. The Hall–Kier alpha value is -3.31. The number of carbonyl (C=O) groups excluding carboxylic acids is 1. The summed E-state index contributed by atoms with van der Waals surface area (Å²) >= 11 is 0. The molecule has 2 atom stereocenters. The second-order valence-electron chi connectivity index (χ2n) is 9.44. The highest BCUT2D eigenvalue weighted by Crippen LogP contribution is 2.30. The highest BCUT2D eigenvalue weighted by Gasteiger charge is 2.31. The van der Waals surface area contributed by atoms with Crippen LogP contribution in [0.1, 0.15) is 73.4 Å². The number of amides is 1. The first-order chi connectivity index (χ1) is 17.9. The number of rotatable bonds is 11. The third-order valence-electron chi connectivity index (χ3n) is 6.15. The third-order valence-corrected chi connectivity index (χ3v) is 6.15. The van der Waals surface area contributed by atoms with Crippen molar-refractivity contribution in [3.8, 4) is 11.4 Å². The largest absolute Gasteiger partial charge is 0.416 e. The molecule has 38 heavy (non-hydrogen) atoms. The number of imidazole rings is 1. The minimum absolute atomic E-state index is 0.0371. The van der Waals surface area contributed by atoms with Crippen LogP contribution in [0, 0.1) is 5.82 Å². The van der Waals surface area contributed by atoms with Gasteiger partial charge in [-0.3, -0.25) is 9.78 Å². The van der Waals surface area contributed by atoms with Gasteiger partial charge in [0.05, 0.1) is 35.7 Å². The molecular weight excluding hydrogens is 504 g/mol. The highest BCUT2D eigenvalue weighted by molar-refractivity contribution is 5.94. The van der Waals surface area contributed by atoms with Crippen molar-refractivity contribution >= 4 is 5.91 Å². The maximum absolute atomic E-state index is 13.6. The van der Waals surface area contributed by atoms with Crippen molar-refractivity contribution in [1.29, 1.82) is 0 Å². The molecule has 0 bridgehead atoms. The SMILES string of the molecule is CCC(O)CC(O)CCn1c(-c2ccc(F)cc2)nc(C(=O)NCc2cc(C(F)(F)F)ccn2)c1C(C)C. The van der Waals surface area contributed by atoms with Crippen LogP contribution in [0.15, 0.2) is 42.6 Å². The van der Waals surface area contributed by atoms with E-state index in [9.17, 15) is 32.6 Å². The zero-order valence-corrected chi connectivity index (χ0v) is 21.5. The summed E-state index contributed by atoms with van der Waals surface area (Å²) in [6.07, 6.45) is -3.95. The van der Waals surface area contributed by atoms with Crippen LogP contribution in [-0.4, -0.2) is 42.9 Å². The van der Waals surface area contributed by atoms with E-state index in [0.29, 0.717) is 23.5 Å². The molecule has 2 heterocycles. The van der Waals surface area contributed by atoms with Gasteiger partial charge in [0, 0.05) is 18.3 Å². The van der Waals surface area contributed by atoms with Gasteiger partial charge >= 0.3 is 6.18 Å². The van der Waals surface area contributed by atoms with E-state index in [1.54, 1.807) is 4.57 Å². The molecule has 0 aliphatic heterocycles. The molecule has 0 fully saturated rings. The van der Waals surface area contributed by atoms with Gasteiger partial charge in [0.15, 0.2) is 0 Å². The van der Waals surface area contributed by atoms with Crippen LogP contribution in [0.25, 0.3) is 11.4 Å². The minimum atomic E-state index is -4.53. The Labute approximate surface area is 218 Å². The number of pyridine rings is 1. The molecular formula is C27H32F4N4O3. The van der Waals surface area contributed by atoms with Crippen LogP contribution in [-0.2, 0) is 19.3 Å². The van der Waals surface area contributed by atoms with Crippen molar-refractivity contribution < 1.29 is 32.6 Å². The number of carbonyl (C=O) groups is 1. The molecule has 0 radical (unpaired) electrons. The molecule has 0 saturated carbocycles. The van der Waals surface area contributed by atoms with Crippen molar-refractivity contribution in [3.63, 3.8) is 0 Å². The summed E-state index contributed by atoms with van der Waals surface area (Å²) in [5.41, 5.74) is 0.357. The lowest BCUT2D eigenvalue weighted by molar-refractivity contribution is -0.137. The van der Waals surface area contributed by atoms with Crippen molar-refractivity contribution in [2.75, 3.05) is 0 Å². The van der Waals surface area contributed by atoms with Gasteiger partial charge in [-0.15, -0.1) is 0 Å². The molecule has 0 saturated heterocycles. The molecule has 7 nitrogen and oxygen atoms in total. The van der Waals surface area contributed by atoms with Crippen LogP contribution < -0.4 is 5.32 Å². The van der Waals surface area contributed by atoms with E-state index in [-0.39, 0.29) is 43.2 Å². The molecule has 2 aromatic heterocycles. The first kappa shape index (κ1) is 29.2. The predicted octanol–water partition coefficient (Wildman–Crippen LogP) is 5.07. The monoisotopic (exact) mass is 536 g/mol. The number of nitrogens with zero attached hydrogens (tertiary/aromatic N) is 3. The molecule has 1 amide bonds. The first-order valence-corrected chi connectivity index (χ1v) is 12.4. The number of nitrogens with one attached hydrogen (secondary N) is 1. The second kappa shape index (κ2) is 12.5. The van der Waals surface area contributed by atoms with E-state index >= 15 is 0 Å². The zero-order valence-electron chi connectivity index (χ0n) is 21.5. The summed E-state index contributed by atoms with van der Waals surface area (Å²) in [5.74, 6) is -0.842. The Kier molecular flexibility index (Phi) is 9.61. The first-order valence-electron chi connectivity index (χ1n) is 12.4. The van der Waals surface area contributed by atoms with Crippen LogP contribution in [0.3, 0.4) is 0 Å². The van der Waals surface area contributed by atoms with E-state index in [1.807, 2.05) is 20.8 Å². The molecule has 0 spiro atoms. The molecule has 3 aromatic rings. The molecule has 0 aliphatic rings. The molecule has 3 rings (SSSR count). The maximum Gasteiger partial charge on any atom is 0.416 e. The molecule has 1 aromatic carbocycles. The van der Waals surface area contributed by atoms with Crippen LogP contribution in [0.2, 0.25) is 0 Å². The van der Waals surface area contributed by atoms with Gasteiger partial charge in [0.1, 0.15) is 17.3 Å². The van der Waals surface area contributed by atoms with E-state index < -0.39 is 35.7 Å². The van der Waals surface area contributed by atoms with E-state index in [2.05, 4.69) is 15.3 Å². The van der Waals surface area contributed by atoms with Crippen LogP contribution in [0.4, 0.5) is 17.6 Å². The predicted molar refractivity (Wildman–Crippen MR) is 134 cm³/mol. The fraction of sp³-hybridized carbons (Fsp3) is 0.444. The van der Waals surface area contributed by atoms with Gasteiger partial charge in [-0.2, -0.15) is 13.2 Å². The van der Waals surface area contributed by atoms with Gasteiger partial charge in [0.2, 0.25) is 0 Å². The lowest BCUT2D eigenvalue weighted by Crippen LogP contribution is -2.26.